The van der Waals surface area contributed by atoms with Crippen LogP contribution in [0.4, 0.5) is 10.5 Å². The van der Waals surface area contributed by atoms with Crippen LogP contribution in [0.3, 0.4) is 0 Å². The molecule has 0 saturated carbocycles. The first-order chi connectivity index (χ1) is 13.2. The Bertz CT molecular complexity index is 899. The van der Waals surface area contributed by atoms with Crippen molar-refractivity contribution in [2.45, 2.75) is 13.0 Å². The highest BCUT2D eigenvalue weighted by Gasteiger charge is 2.26. The fourth-order valence-corrected chi connectivity index (χ4v) is 3.91. The van der Waals surface area contributed by atoms with Gasteiger partial charge in [-0.05, 0) is 52.3 Å². The number of benzene rings is 2. The quantitative estimate of drug-likeness (QED) is 0.353. The number of amides is 1. The van der Waals surface area contributed by atoms with E-state index in [0.717, 1.165) is 10.5 Å². The van der Waals surface area contributed by atoms with E-state index < -0.39 is 24.1 Å². The van der Waals surface area contributed by atoms with Crippen molar-refractivity contribution in [3.8, 4) is 5.75 Å². The average molecular weight is 578 g/mol. The Balaban J connectivity index is 2.31. The lowest BCUT2D eigenvalue weighted by molar-refractivity contribution is -0.131. The highest BCUT2D eigenvalue weighted by Crippen LogP contribution is 2.40. The molecule has 2 rings (SSSR count). The number of anilines is 1. The third-order valence-electron chi connectivity index (χ3n) is 3.71. The Morgan fingerprint density at radius 2 is 1.75 bits per heavy atom. The van der Waals surface area contributed by atoms with E-state index in [-0.39, 0.29) is 5.75 Å². The number of halogens is 3. The minimum Gasteiger partial charge on any atom is -0.506 e. The molecule has 6 nitrogen and oxygen atoms in total. The lowest BCUT2D eigenvalue weighted by Gasteiger charge is -2.24. The van der Waals surface area contributed by atoms with Gasteiger partial charge in [-0.2, -0.15) is 0 Å². The van der Waals surface area contributed by atoms with Crippen molar-refractivity contribution in [1.82, 2.24) is 0 Å². The summed E-state index contributed by atoms with van der Waals surface area (Å²) >= 11 is 9.91. The van der Waals surface area contributed by atoms with E-state index in [4.69, 9.17) is 9.84 Å². The summed E-state index contributed by atoms with van der Waals surface area (Å²) in [7, 11) is 0. The van der Waals surface area contributed by atoms with Gasteiger partial charge in [-0.15, -0.1) is 0 Å². The second-order valence-corrected chi connectivity index (χ2v) is 8.53. The number of carbonyl (C=O) groups excluding carboxylic acids is 1. The number of hydrogen-bond acceptors (Lipinski definition) is 4. The van der Waals surface area contributed by atoms with Gasteiger partial charge in [0.25, 0.3) is 0 Å². The Hall–Kier alpha value is -1.84. The maximum atomic E-state index is 12.4. The molecule has 0 aliphatic rings. The lowest BCUT2D eigenvalue weighted by Crippen LogP contribution is -2.21. The molecule has 0 heterocycles. The predicted molar refractivity (Wildman–Crippen MR) is 116 cm³/mol. The van der Waals surface area contributed by atoms with Crippen LogP contribution in [0.1, 0.15) is 18.6 Å². The maximum absolute atomic E-state index is 12.4. The average Bonchev–Trinajstić information content (AvgIpc) is 2.62. The van der Waals surface area contributed by atoms with Crippen LogP contribution < -0.4 is 5.32 Å². The van der Waals surface area contributed by atoms with Gasteiger partial charge in [0.2, 0.25) is 0 Å². The number of ether oxygens (including phenoxy) is 1. The van der Waals surface area contributed by atoms with Crippen LogP contribution in [0.15, 0.2) is 62.0 Å². The van der Waals surface area contributed by atoms with Crippen molar-refractivity contribution in [1.29, 1.82) is 0 Å². The number of phenols is 1. The number of aromatic hydroxyl groups is 1. The second-order valence-electron chi connectivity index (χ2n) is 5.84. The summed E-state index contributed by atoms with van der Waals surface area (Å²) in [5.74, 6) is -1.75. The number of carboxylic acids is 1. The summed E-state index contributed by atoms with van der Waals surface area (Å²) in [6, 6.07) is 10.2. The van der Waals surface area contributed by atoms with Gasteiger partial charge in [0.1, 0.15) is 11.9 Å². The molecule has 0 aliphatic heterocycles. The first-order valence-corrected chi connectivity index (χ1v) is 10.4. The van der Waals surface area contributed by atoms with E-state index in [1.165, 1.54) is 6.08 Å². The van der Waals surface area contributed by atoms with Crippen LogP contribution in [0.25, 0.3) is 0 Å². The Morgan fingerprint density at radius 1 is 1.11 bits per heavy atom. The summed E-state index contributed by atoms with van der Waals surface area (Å²) in [4.78, 5) is 23.3. The highest BCUT2D eigenvalue weighted by atomic mass is 79.9. The summed E-state index contributed by atoms with van der Waals surface area (Å²) in [5, 5.41) is 21.9. The third kappa shape index (κ3) is 6.35. The van der Waals surface area contributed by atoms with Gasteiger partial charge in [-0.1, -0.05) is 44.9 Å². The monoisotopic (exact) mass is 575 g/mol. The third-order valence-corrected chi connectivity index (χ3v) is 5.30. The first-order valence-electron chi connectivity index (χ1n) is 7.99. The van der Waals surface area contributed by atoms with Gasteiger partial charge in [-0.25, -0.2) is 9.59 Å². The summed E-state index contributed by atoms with van der Waals surface area (Å²) in [6.07, 6.45) is 0.699. The Labute approximate surface area is 187 Å². The number of carboxylic acid groups (broad SMARTS) is 1. The van der Waals surface area contributed by atoms with Gasteiger partial charge in [0.15, 0.2) is 0 Å². The van der Waals surface area contributed by atoms with Crippen LogP contribution in [-0.2, 0) is 9.53 Å². The highest BCUT2D eigenvalue weighted by molar-refractivity contribution is 9.11. The van der Waals surface area contributed by atoms with Crippen molar-refractivity contribution >= 4 is 65.5 Å². The van der Waals surface area contributed by atoms with Crippen LogP contribution in [0, 0.1) is 5.92 Å². The molecular formula is C19H16Br3NO5. The molecule has 0 unspecified atom stereocenters. The zero-order valence-electron chi connectivity index (χ0n) is 14.5. The molecule has 9 heteroatoms. The van der Waals surface area contributed by atoms with E-state index in [9.17, 15) is 14.7 Å². The van der Waals surface area contributed by atoms with Gasteiger partial charge in [0, 0.05) is 32.2 Å². The maximum Gasteiger partial charge on any atom is 0.412 e. The molecule has 0 fully saturated rings. The molecule has 0 saturated heterocycles. The smallest absolute Gasteiger partial charge is 0.412 e. The lowest BCUT2D eigenvalue weighted by atomic mass is 9.96. The van der Waals surface area contributed by atoms with Crippen molar-refractivity contribution in [2.24, 2.45) is 5.92 Å². The predicted octanol–water partition coefficient (Wildman–Crippen LogP) is 6.25. The molecule has 148 valence electrons. The molecule has 0 aliphatic carbocycles. The minimum atomic E-state index is -1.12. The van der Waals surface area contributed by atoms with Gasteiger partial charge < -0.3 is 14.9 Å². The molecule has 0 spiro atoms. The Morgan fingerprint density at radius 3 is 2.36 bits per heavy atom. The summed E-state index contributed by atoms with van der Waals surface area (Å²) < 4.78 is 7.48. The zero-order chi connectivity index (χ0) is 20.8. The van der Waals surface area contributed by atoms with Crippen molar-refractivity contribution < 1.29 is 24.5 Å². The normalized spacial score (nSPS) is 13.1. The first kappa shape index (κ1) is 22.4. The SMILES string of the molecule is C[C@@H](/C=C/C(=O)O)[C@@H](OC(=O)Nc1ccc(Br)cc1)c1cc(Br)cc(Br)c1O. The number of carbonyl (C=O) groups is 2. The number of hydrogen-bond donors (Lipinski definition) is 3. The van der Waals surface area contributed by atoms with Gasteiger partial charge in [-0.3, -0.25) is 5.32 Å². The van der Waals surface area contributed by atoms with Crippen LogP contribution in [0.5, 0.6) is 5.75 Å². The van der Waals surface area contributed by atoms with Crippen molar-refractivity contribution in [3.63, 3.8) is 0 Å². The molecule has 28 heavy (non-hydrogen) atoms. The van der Waals surface area contributed by atoms with Crippen molar-refractivity contribution in [2.75, 3.05) is 5.32 Å². The van der Waals surface area contributed by atoms with E-state index in [0.29, 0.717) is 20.2 Å². The van der Waals surface area contributed by atoms with Crippen LogP contribution in [0.2, 0.25) is 0 Å². The second kappa shape index (κ2) is 10.1. The topological polar surface area (TPSA) is 95.9 Å². The molecule has 0 aromatic heterocycles. The molecule has 2 atom stereocenters. The molecule has 3 N–H and O–H groups in total. The fraction of sp³-hybridized carbons (Fsp3) is 0.158. The molecule has 2 aromatic rings. The fourth-order valence-electron chi connectivity index (χ4n) is 2.39. The molecular weight excluding hydrogens is 562 g/mol. The zero-order valence-corrected chi connectivity index (χ0v) is 19.3. The van der Waals surface area contributed by atoms with E-state index in [1.807, 2.05) is 0 Å². The molecule has 1 amide bonds. The van der Waals surface area contributed by atoms with Gasteiger partial charge in [0.05, 0.1) is 4.47 Å². The minimum absolute atomic E-state index is 0.0970. The van der Waals surface area contributed by atoms with Crippen LogP contribution >= 0.6 is 47.8 Å². The molecule has 0 radical (unpaired) electrons. The number of nitrogens with one attached hydrogen (secondary N) is 1. The number of aliphatic carboxylic acids is 1. The standard InChI is InChI=1S/C19H16Br3NO5/c1-10(2-7-16(24)25)18(14-8-12(21)9-15(22)17(14)26)28-19(27)23-13-5-3-11(20)4-6-13/h2-10,18,26H,1H3,(H,23,27)(H,24,25)/b7-2+/t10-,18+/m0/s1. The van der Waals surface area contributed by atoms with E-state index in [2.05, 4.69) is 53.1 Å². The molecule has 0 bridgehead atoms. The summed E-state index contributed by atoms with van der Waals surface area (Å²) in [6.45, 7) is 1.69. The Kier molecular flexibility index (Phi) is 8.09. The summed E-state index contributed by atoms with van der Waals surface area (Å²) in [5.41, 5.74) is 0.857. The van der Waals surface area contributed by atoms with Gasteiger partial charge >= 0.3 is 12.1 Å². The van der Waals surface area contributed by atoms with Crippen LogP contribution in [-0.4, -0.2) is 22.3 Å². The van der Waals surface area contributed by atoms with E-state index in [1.54, 1.807) is 43.3 Å². The van der Waals surface area contributed by atoms with Crippen molar-refractivity contribution in [3.05, 3.63) is 67.5 Å². The molecule has 2 aromatic carbocycles. The number of phenolic OH excluding ortho intramolecular Hbond substituents is 1. The number of rotatable bonds is 6. The van der Waals surface area contributed by atoms with E-state index >= 15 is 0 Å². The largest absolute Gasteiger partial charge is 0.506 e.